The van der Waals surface area contributed by atoms with E-state index in [0.717, 1.165) is 5.56 Å². The van der Waals surface area contributed by atoms with E-state index in [-0.39, 0.29) is 5.41 Å². The molecule has 0 radical (unpaired) electrons. The molecular weight excluding hydrogens is 288 g/mol. The molecule has 3 nitrogen and oxygen atoms in total. The Labute approximate surface area is 128 Å². The van der Waals surface area contributed by atoms with Crippen molar-refractivity contribution in [1.82, 2.24) is 0 Å². The summed E-state index contributed by atoms with van der Waals surface area (Å²) in [4.78, 5) is 0. The molecule has 3 aliphatic rings. The molecule has 3 heterocycles. The van der Waals surface area contributed by atoms with Crippen molar-refractivity contribution in [2.24, 2.45) is 0 Å². The lowest BCUT2D eigenvalue weighted by atomic mass is 9.81. The zero-order valence-corrected chi connectivity index (χ0v) is 12.2. The van der Waals surface area contributed by atoms with Gasteiger partial charge in [0.15, 0.2) is 0 Å². The molecule has 0 spiro atoms. The van der Waals surface area contributed by atoms with Gasteiger partial charge in [0.1, 0.15) is 0 Å². The fourth-order valence-corrected chi connectivity index (χ4v) is 3.02. The second-order valence-corrected chi connectivity index (χ2v) is 6.01. The number of hydrogen-bond donors (Lipinski definition) is 0. The van der Waals surface area contributed by atoms with Gasteiger partial charge < -0.3 is 14.2 Å². The molecule has 0 atom stereocenters. The van der Waals surface area contributed by atoms with Crippen molar-refractivity contribution in [3.63, 3.8) is 0 Å². The molecule has 21 heavy (non-hydrogen) atoms. The number of halogens is 1. The molecule has 3 fully saturated rings. The van der Waals surface area contributed by atoms with E-state index in [1.807, 2.05) is 42.5 Å². The highest BCUT2D eigenvalue weighted by Crippen LogP contribution is 2.45. The summed E-state index contributed by atoms with van der Waals surface area (Å²) in [5, 5.41) is 0.681. The van der Waals surface area contributed by atoms with Crippen molar-refractivity contribution in [1.29, 1.82) is 0 Å². The van der Waals surface area contributed by atoms with Gasteiger partial charge in [-0.1, -0.05) is 41.9 Å². The summed E-state index contributed by atoms with van der Waals surface area (Å²) >= 11 is 5.93. The highest BCUT2D eigenvalue weighted by atomic mass is 35.5. The molecule has 2 bridgehead atoms. The van der Waals surface area contributed by atoms with Crippen molar-refractivity contribution in [3.8, 4) is 0 Å². The average Bonchev–Trinajstić information content (AvgIpc) is 2.58. The average molecular weight is 303 g/mol. The van der Waals surface area contributed by atoms with Crippen LogP contribution in [-0.4, -0.2) is 19.8 Å². The Hall–Kier alpha value is -1.39. The zero-order chi connectivity index (χ0) is 14.3. The van der Waals surface area contributed by atoms with Gasteiger partial charge in [0.2, 0.25) is 0 Å². The third-order valence-electron chi connectivity index (χ3n) is 4.20. The third-order valence-corrected chi connectivity index (χ3v) is 4.45. The van der Waals surface area contributed by atoms with E-state index in [4.69, 9.17) is 25.8 Å². The van der Waals surface area contributed by atoms with Crippen LogP contribution in [0.5, 0.6) is 0 Å². The van der Waals surface area contributed by atoms with Gasteiger partial charge in [-0.15, -0.1) is 0 Å². The Morgan fingerprint density at radius 3 is 1.86 bits per heavy atom. The minimum absolute atomic E-state index is 0.213. The molecule has 0 amide bonds. The Morgan fingerprint density at radius 2 is 1.29 bits per heavy atom. The molecule has 108 valence electrons. The lowest BCUT2D eigenvalue weighted by Crippen LogP contribution is -2.60. The minimum Gasteiger partial charge on any atom is -0.322 e. The number of benzene rings is 2. The van der Waals surface area contributed by atoms with Crippen molar-refractivity contribution in [2.75, 3.05) is 19.8 Å². The summed E-state index contributed by atoms with van der Waals surface area (Å²) < 4.78 is 17.9. The van der Waals surface area contributed by atoms with Crippen LogP contribution in [0.4, 0.5) is 0 Å². The predicted octanol–water partition coefficient (Wildman–Crippen LogP) is 3.47. The maximum absolute atomic E-state index is 5.96. The predicted molar refractivity (Wildman–Crippen MR) is 79.1 cm³/mol. The number of rotatable bonds is 2. The van der Waals surface area contributed by atoms with Gasteiger partial charge in [-0.25, -0.2) is 0 Å². The molecule has 5 rings (SSSR count). The molecular formula is C17H15ClO3. The van der Waals surface area contributed by atoms with Gasteiger partial charge in [0.05, 0.1) is 25.2 Å². The molecule has 0 aromatic heterocycles. The summed E-state index contributed by atoms with van der Waals surface area (Å²) in [5.74, 6) is -1.08. The van der Waals surface area contributed by atoms with Crippen LogP contribution in [0.15, 0.2) is 54.6 Å². The summed E-state index contributed by atoms with van der Waals surface area (Å²) in [7, 11) is 0. The topological polar surface area (TPSA) is 27.7 Å². The largest absolute Gasteiger partial charge is 0.322 e. The maximum atomic E-state index is 5.96. The van der Waals surface area contributed by atoms with Crippen molar-refractivity contribution < 1.29 is 14.2 Å². The van der Waals surface area contributed by atoms with Crippen LogP contribution in [0.25, 0.3) is 0 Å². The van der Waals surface area contributed by atoms with Crippen molar-refractivity contribution in [3.05, 3.63) is 70.7 Å². The van der Waals surface area contributed by atoms with E-state index in [1.54, 1.807) is 0 Å². The first-order valence-corrected chi connectivity index (χ1v) is 7.34. The summed E-state index contributed by atoms with van der Waals surface area (Å²) in [6.45, 7) is 1.75. The van der Waals surface area contributed by atoms with Crippen molar-refractivity contribution >= 4 is 11.6 Å². The summed E-state index contributed by atoms with van der Waals surface area (Å²) in [5.41, 5.74) is 1.82. The van der Waals surface area contributed by atoms with Gasteiger partial charge in [0.25, 0.3) is 0 Å². The fourth-order valence-electron chi connectivity index (χ4n) is 2.90. The Bertz CT molecular complexity index is 614. The fraction of sp³-hybridized carbons (Fsp3) is 0.294. The van der Waals surface area contributed by atoms with E-state index in [0.29, 0.717) is 24.8 Å². The first kappa shape index (κ1) is 13.3. The Morgan fingerprint density at radius 1 is 0.714 bits per heavy atom. The molecule has 0 aliphatic carbocycles. The third kappa shape index (κ3) is 2.09. The quantitative estimate of drug-likeness (QED) is 0.850. The highest BCUT2D eigenvalue weighted by Gasteiger charge is 2.54. The summed E-state index contributed by atoms with van der Waals surface area (Å²) in [6, 6.07) is 17.6. The van der Waals surface area contributed by atoms with Crippen LogP contribution in [-0.2, 0) is 25.6 Å². The number of ether oxygens (including phenoxy) is 3. The second-order valence-electron chi connectivity index (χ2n) is 5.58. The van der Waals surface area contributed by atoms with E-state index in [2.05, 4.69) is 12.1 Å². The van der Waals surface area contributed by atoms with Crippen LogP contribution >= 0.6 is 11.6 Å². The molecule has 4 heteroatoms. The molecule has 0 unspecified atom stereocenters. The van der Waals surface area contributed by atoms with E-state index < -0.39 is 5.97 Å². The first-order valence-electron chi connectivity index (χ1n) is 6.96. The molecule has 0 saturated carbocycles. The lowest BCUT2D eigenvalue weighted by Gasteiger charge is -2.52. The van der Waals surface area contributed by atoms with E-state index in [9.17, 15) is 0 Å². The SMILES string of the molecule is Clc1ccc(C23OCC(c4ccccc4)(CO2)CO3)cc1. The van der Waals surface area contributed by atoms with Gasteiger partial charge in [-0.05, 0) is 29.8 Å². The maximum Gasteiger partial charge on any atom is 0.312 e. The smallest absolute Gasteiger partial charge is 0.312 e. The van der Waals surface area contributed by atoms with Crippen LogP contribution in [0, 0.1) is 0 Å². The molecule has 0 N–H and O–H groups in total. The molecule has 2 aromatic carbocycles. The van der Waals surface area contributed by atoms with Crippen molar-refractivity contribution in [2.45, 2.75) is 11.4 Å². The van der Waals surface area contributed by atoms with Gasteiger partial charge in [0, 0.05) is 10.6 Å². The monoisotopic (exact) mass is 302 g/mol. The van der Waals surface area contributed by atoms with Gasteiger partial charge in [-0.2, -0.15) is 0 Å². The Kier molecular flexibility index (Phi) is 3.05. The number of hydrogen-bond acceptors (Lipinski definition) is 3. The highest BCUT2D eigenvalue weighted by molar-refractivity contribution is 6.30. The molecule has 3 aliphatic heterocycles. The van der Waals surface area contributed by atoms with Crippen LogP contribution in [0.2, 0.25) is 5.02 Å². The number of fused-ring (bicyclic) bond motifs is 3. The lowest BCUT2D eigenvalue weighted by molar-refractivity contribution is -0.466. The molecule has 2 aromatic rings. The van der Waals surface area contributed by atoms with E-state index >= 15 is 0 Å². The Balaban J connectivity index is 1.63. The zero-order valence-electron chi connectivity index (χ0n) is 11.4. The van der Waals surface area contributed by atoms with Crippen LogP contribution < -0.4 is 0 Å². The normalized spacial score (nSPS) is 31.3. The van der Waals surface area contributed by atoms with Gasteiger partial charge >= 0.3 is 5.97 Å². The van der Waals surface area contributed by atoms with E-state index in [1.165, 1.54) is 5.56 Å². The molecule has 3 saturated heterocycles. The summed E-state index contributed by atoms with van der Waals surface area (Å²) in [6.07, 6.45) is 0. The standard InChI is InChI=1S/C17H15ClO3/c18-15-8-6-14(7-9-15)17-19-10-16(11-20-17,12-21-17)13-4-2-1-3-5-13/h1-9H,10-12H2. The van der Waals surface area contributed by atoms with Gasteiger partial charge in [-0.3, -0.25) is 0 Å². The minimum atomic E-state index is -1.08. The van der Waals surface area contributed by atoms with Crippen LogP contribution in [0.1, 0.15) is 11.1 Å². The second kappa shape index (κ2) is 4.82. The first-order chi connectivity index (χ1) is 10.2. The van der Waals surface area contributed by atoms with Crippen LogP contribution in [0.3, 0.4) is 0 Å².